The summed E-state index contributed by atoms with van der Waals surface area (Å²) in [5, 5.41) is 10.2. The summed E-state index contributed by atoms with van der Waals surface area (Å²) in [5.74, 6) is 0.613. The number of furan rings is 1. The van der Waals surface area contributed by atoms with Gasteiger partial charge in [-0.15, -0.1) is 0 Å². The number of nitrogens with zero attached hydrogens (tertiary/aromatic N) is 3. The van der Waals surface area contributed by atoms with E-state index in [0.29, 0.717) is 5.95 Å². The smallest absolute Gasteiger partial charge is 0.235 e. The molecule has 3 aromatic heterocycles. The molecule has 0 amide bonds. The van der Waals surface area contributed by atoms with Crippen LogP contribution in [0.1, 0.15) is 0 Å². The largest absolute Gasteiger partial charge is 0.455 e. The van der Waals surface area contributed by atoms with E-state index in [1.54, 1.807) is 0 Å². The molecular formula is C52H31N3O. The Bertz CT molecular complexity index is 3530. The molecule has 0 aliphatic carbocycles. The summed E-state index contributed by atoms with van der Waals surface area (Å²) >= 11 is 0. The van der Waals surface area contributed by atoms with Gasteiger partial charge in [-0.25, -0.2) is 9.97 Å². The molecule has 0 aliphatic heterocycles. The van der Waals surface area contributed by atoms with Crippen LogP contribution in [0.4, 0.5) is 0 Å². The Balaban J connectivity index is 1.19. The fourth-order valence-electron chi connectivity index (χ4n) is 8.72. The average Bonchev–Trinajstić information content (AvgIpc) is 3.80. The van der Waals surface area contributed by atoms with Crippen molar-refractivity contribution in [1.82, 2.24) is 14.5 Å². The summed E-state index contributed by atoms with van der Waals surface area (Å²) in [7, 11) is 0. The first-order chi connectivity index (χ1) is 27.7. The quantitative estimate of drug-likeness (QED) is 0.182. The van der Waals surface area contributed by atoms with Gasteiger partial charge in [0.15, 0.2) is 0 Å². The predicted molar refractivity (Wildman–Crippen MR) is 232 cm³/mol. The van der Waals surface area contributed by atoms with Crippen LogP contribution in [0.2, 0.25) is 0 Å². The van der Waals surface area contributed by atoms with E-state index in [1.165, 1.54) is 32.7 Å². The SMILES string of the molecule is c1ccc(-c2cc(-c3nc(-n4c5ccc(-c6ccccc6)cc5c5c6ccccc6ccc54)nc4ccccc34)c3oc4cc5ccccc5cc4c3c2)cc1. The number of benzene rings is 9. The fourth-order valence-corrected chi connectivity index (χ4v) is 8.72. The molecule has 0 bridgehead atoms. The van der Waals surface area contributed by atoms with E-state index in [-0.39, 0.29) is 0 Å². The highest BCUT2D eigenvalue weighted by molar-refractivity contribution is 6.22. The fraction of sp³-hybridized carbons (Fsp3) is 0. The van der Waals surface area contributed by atoms with Crippen molar-refractivity contribution < 1.29 is 4.42 Å². The summed E-state index contributed by atoms with van der Waals surface area (Å²) < 4.78 is 9.13. The lowest BCUT2D eigenvalue weighted by Gasteiger charge is -2.13. The van der Waals surface area contributed by atoms with Gasteiger partial charge in [-0.3, -0.25) is 4.57 Å². The Hall–Kier alpha value is -7.56. The first-order valence-electron chi connectivity index (χ1n) is 19.0. The molecule has 0 saturated heterocycles. The molecule has 0 atom stereocenters. The molecule has 0 spiro atoms. The van der Waals surface area contributed by atoms with Gasteiger partial charge in [0.05, 0.1) is 22.2 Å². The maximum Gasteiger partial charge on any atom is 0.235 e. The van der Waals surface area contributed by atoms with Crippen molar-refractivity contribution in [2.24, 2.45) is 0 Å². The van der Waals surface area contributed by atoms with Crippen LogP contribution in [0.25, 0.3) is 116 Å². The molecule has 12 aromatic rings. The minimum absolute atomic E-state index is 0.613. The third kappa shape index (κ3) is 4.66. The van der Waals surface area contributed by atoms with E-state index in [1.807, 2.05) is 0 Å². The molecule has 0 fully saturated rings. The van der Waals surface area contributed by atoms with Gasteiger partial charge in [0.2, 0.25) is 5.95 Å². The van der Waals surface area contributed by atoms with E-state index in [9.17, 15) is 0 Å². The molecule has 0 unspecified atom stereocenters. The van der Waals surface area contributed by atoms with E-state index in [4.69, 9.17) is 14.4 Å². The standard InChI is InChI=1S/C52H31N3O/c1-3-13-32(14-4-1)37-24-25-46-43(28-37)49-39-20-10-9-17-34(39)23-26-47(49)55(46)52-53-45-22-12-11-21-40(45)50(54-52)44-30-38(33-15-5-2-6-16-33)29-42-41-27-35-18-7-8-19-36(35)31-48(41)56-51(42)44/h1-31H. The molecular weight excluding hydrogens is 683 g/mol. The molecule has 4 heteroatoms. The Kier molecular flexibility index (Phi) is 6.60. The number of fused-ring (bicyclic) bond motifs is 10. The molecule has 0 N–H and O–H groups in total. The lowest BCUT2D eigenvalue weighted by atomic mass is 9.96. The average molecular weight is 714 g/mol. The Labute approximate surface area is 321 Å². The first-order valence-corrected chi connectivity index (χ1v) is 19.0. The number of hydrogen-bond acceptors (Lipinski definition) is 3. The van der Waals surface area contributed by atoms with Crippen LogP contribution in [0, 0.1) is 0 Å². The van der Waals surface area contributed by atoms with Crippen LogP contribution < -0.4 is 0 Å². The third-order valence-corrected chi connectivity index (χ3v) is 11.4. The number of rotatable bonds is 4. The van der Waals surface area contributed by atoms with Crippen molar-refractivity contribution in [3.8, 4) is 39.5 Å². The van der Waals surface area contributed by atoms with Crippen LogP contribution in [-0.4, -0.2) is 14.5 Å². The van der Waals surface area contributed by atoms with Gasteiger partial charge in [-0.05, 0) is 92.3 Å². The molecule has 3 heterocycles. The van der Waals surface area contributed by atoms with Gasteiger partial charge >= 0.3 is 0 Å². The Morgan fingerprint density at radius 2 is 1.04 bits per heavy atom. The van der Waals surface area contributed by atoms with Crippen molar-refractivity contribution in [1.29, 1.82) is 0 Å². The molecule has 0 aliphatic rings. The summed E-state index contributed by atoms with van der Waals surface area (Å²) in [4.78, 5) is 10.9. The van der Waals surface area contributed by atoms with Crippen LogP contribution >= 0.6 is 0 Å². The minimum Gasteiger partial charge on any atom is -0.455 e. The Morgan fingerprint density at radius 3 is 1.84 bits per heavy atom. The van der Waals surface area contributed by atoms with Gasteiger partial charge in [0, 0.05) is 32.5 Å². The number of hydrogen-bond donors (Lipinski definition) is 0. The lowest BCUT2D eigenvalue weighted by molar-refractivity contribution is 0.670. The van der Waals surface area contributed by atoms with Gasteiger partial charge < -0.3 is 4.42 Å². The molecule has 0 saturated carbocycles. The van der Waals surface area contributed by atoms with Crippen molar-refractivity contribution >= 4 is 76.2 Å². The minimum atomic E-state index is 0.613. The third-order valence-electron chi connectivity index (χ3n) is 11.4. The molecule has 12 rings (SSSR count). The highest BCUT2D eigenvalue weighted by Gasteiger charge is 2.23. The molecule has 9 aromatic carbocycles. The molecule has 56 heavy (non-hydrogen) atoms. The second-order valence-electron chi connectivity index (χ2n) is 14.6. The van der Waals surface area contributed by atoms with E-state index >= 15 is 0 Å². The first kappa shape index (κ1) is 30.9. The van der Waals surface area contributed by atoms with Crippen molar-refractivity contribution in [3.05, 3.63) is 188 Å². The maximum absolute atomic E-state index is 6.89. The van der Waals surface area contributed by atoms with Crippen LogP contribution in [0.5, 0.6) is 0 Å². The zero-order valence-corrected chi connectivity index (χ0v) is 30.1. The lowest BCUT2D eigenvalue weighted by Crippen LogP contribution is -2.03. The second-order valence-corrected chi connectivity index (χ2v) is 14.6. The van der Waals surface area contributed by atoms with E-state index in [2.05, 4.69) is 193 Å². The summed E-state index contributed by atoms with van der Waals surface area (Å²) in [5.41, 5.74) is 11.0. The Morgan fingerprint density at radius 1 is 0.393 bits per heavy atom. The number of para-hydroxylation sites is 1. The van der Waals surface area contributed by atoms with Gasteiger partial charge in [-0.1, -0.05) is 140 Å². The zero-order chi connectivity index (χ0) is 36.7. The molecule has 4 nitrogen and oxygen atoms in total. The van der Waals surface area contributed by atoms with Crippen molar-refractivity contribution in [3.63, 3.8) is 0 Å². The summed E-state index contributed by atoms with van der Waals surface area (Å²) in [6.45, 7) is 0. The van der Waals surface area contributed by atoms with Gasteiger partial charge in [0.1, 0.15) is 11.2 Å². The topological polar surface area (TPSA) is 43.9 Å². The normalized spacial score (nSPS) is 11.9. The highest BCUT2D eigenvalue weighted by atomic mass is 16.3. The highest BCUT2D eigenvalue weighted by Crippen LogP contribution is 2.43. The zero-order valence-electron chi connectivity index (χ0n) is 30.1. The second kappa shape index (κ2) is 12.0. The van der Waals surface area contributed by atoms with Crippen LogP contribution in [0.15, 0.2) is 192 Å². The number of aromatic nitrogens is 3. The molecule has 0 radical (unpaired) electrons. The van der Waals surface area contributed by atoms with Gasteiger partial charge in [0.25, 0.3) is 0 Å². The monoisotopic (exact) mass is 713 g/mol. The summed E-state index contributed by atoms with van der Waals surface area (Å²) in [6.07, 6.45) is 0. The van der Waals surface area contributed by atoms with E-state index in [0.717, 1.165) is 77.0 Å². The van der Waals surface area contributed by atoms with Crippen LogP contribution in [-0.2, 0) is 0 Å². The molecule has 260 valence electrons. The van der Waals surface area contributed by atoms with Gasteiger partial charge in [-0.2, -0.15) is 0 Å². The predicted octanol–water partition coefficient (Wildman–Crippen LogP) is 13.9. The maximum atomic E-state index is 6.89. The summed E-state index contributed by atoms with van der Waals surface area (Å²) in [6, 6.07) is 66.7. The van der Waals surface area contributed by atoms with E-state index < -0.39 is 0 Å². The van der Waals surface area contributed by atoms with Crippen molar-refractivity contribution in [2.45, 2.75) is 0 Å². The van der Waals surface area contributed by atoms with Crippen molar-refractivity contribution in [2.75, 3.05) is 0 Å². The van der Waals surface area contributed by atoms with Crippen LogP contribution in [0.3, 0.4) is 0 Å².